The third-order valence-electron chi connectivity index (χ3n) is 5.25. The highest BCUT2D eigenvalue weighted by Gasteiger charge is 2.52. The molecule has 2 aromatic carbocycles. The minimum atomic E-state index is -4.81. The van der Waals surface area contributed by atoms with Crippen LogP contribution in [0, 0.1) is 11.6 Å². The van der Waals surface area contributed by atoms with Crippen LogP contribution in [0.1, 0.15) is 16.8 Å². The van der Waals surface area contributed by atoms with Crippen molar-refractivity contribution in [1.82, 2.24) is 9.88 Å². The molecule has 1 atom stereocenters. The number of aliphatic imine (C=N–C) groups is 1. The second-order valence-electron chi connectivity index (χ2n) is 7.15. The van der Waals surface area contributed by atoms with E-state index < -0.39 is 35.0 Å². The summed E-state index contributed by atoms with van der Waals surface area (Å²) in [5, 5.41) is 0. The number of pyridine rings is 1. The van der Waals surface area contributed by atoms with Gasteiger partial charge in [-0.05, 0) is 41.5 Å². The van der Waals surface area contributed by atoms with Crippen molar-refractivity contribution in [3.63, 3.8) is 0 Å². The van der Waals surface area contributed by atoms with E-state index in [1.54, 1.807) is 6.07 Å². The number of rotatable bonds is 3. The predicted octanol–water partition coefficient (Wildman–Crippen LogP) is 4.08. The largest absolute Gasteiger partial charge is 0.433 e. The Balaban J connectivity index is 2.02. The number of alkyl halides is 3. The first-order valence-corrected chi connectivity index (χ1v) is 9.28. The van der Waals surface area contributed by atoms with Gasteiger partial charge in [0.1, 0.15) is 17.3 Å². The van der Waals surface area contributed by atoms with Crippen LogP contribution in [0.3, 0.4) is 0 Å². The zero-order valence-corrected chi connectivity index (χ0v) is 16.5. The zero-order chi connectivity index (χ0) is 23.3. The molecule has 1 amide bonds. The molecule has 0 fully saturated rings. The van der Waals surface area contributed by atoms with Crippen LogP contribution < -0.4 is 5.73 Å². The summed E-state index contributed by atoms with van der Waals surface area (Å²) in [6, 6.07) is 11.0. The number of amides is 1. The molecule has 0 bridgehead atoms. The molecule has 0 spiro atoms. The van der Waals surface area contributed by atoms with Crippen LogP contribution in [0.25, 0.3) is 11.1 Å². The van der Waals surface area contributed by atoms with E-state index in [-0.39, 0.29) is 28.2 Å². The summed E-state index contributed by atoms with van der Waals surface area (Å²) in [5.41, 5.74) is 1.96. The van der Waals surface area contributed by atoms with Gasteiger partial charge < -0.3 is 5.73 Å². The molecule has 0 saturated heterocycles. The van der Waals surface area contributed by atoms with Crippen molar-refractivity contribution in [3.8, 4) is 11.1 Å². The normalized spacial score (nSPS) is 18.8. The lowest BCUT2D eigenvalue weighted by Crippen LogP contribution is -2.41. The van der Waals surface area contributed by atoms with Gasteiger partial charge in [0.05, 0.1) is 0 Å². The van der Waals surface area contributed by atoms with Gasteiger partial charge in [-0.2, -0.15) is 13.2 Å². The summed E-state index contributed by atoms with van der Waals surface area (Å²) in [5.74, 6) is -2.69. The van der Waals surface area contributed by atoms with Crippen molar-refractivity contribution < 1.29 is 26.7 Å². The van der Waals surface area contributed by atoms with Crippen LogP contribution in [0.15, 0.2) is 65.8 Å². The van der Waals surface area contributed by atoms with Crippen LogP contribution in [0.4, 0.5) is 22.0 Å². The molecule has 164 valence electrons. The first kappa shape index (κ1) is 21.4. The van der Waals surface area contributed by atoms with E-state index >= 15 is 4.39 Å². The topological polar surface area (TPSA) is 71.6 Å². The molecule has 1 aromatic heterocycles. The van der Waals surface area contributed by atoms with Gasteiger partial charge in [0.25, 0.3) is 5.91 Å². The van der Waals surface area contributed by atoms with Crippen molar-refractivity contribution in [2.75, 3.05) is 7.05 Å². The third-order valence-corrected chi connectivity index (χ3v) is 5.25. The lowest BCUT2D eigenvalue weighted by atomic mass is 9.81. The van der Waals surface area contributed by atoms with Gasteiger partial charge in [0.2, 0.25) is 0 Å². The maximum Gasteiger partial charge on any atom is 0.433 e. The van der Waals surface area contributed by atoms with Gasteiger partial charge in [-0.3, -0.25) is 14.7 Å². The summed E-state index contributed by atoms with van der Waals surface area (Å²) in [6.07, 6.45) is -3.95. The number of hydrogen-bond donors (Lipinski definition) is 1. The first-order chi connectivity index (χ1) is 15.1. The summed E-state index contributed by atoms with van der Waals surface area (Å²) >= 11 is 0. The van der Waals surface area contributed by atoms with Gasteiger partial charge in [0.15, 0.2) is 11.5 Å². The van der Waals surface area contributed by atoms with E-state index in [2.05, 4.69) is 9.98 Å². The molecule has 4 rings (SSSR count). The highest BCUT2D eigenvalue weighted by molar-refractivity contribution is 6.09. The fourth-order valence-corrected chi connectivity index (χ4v) is 3.64. The molecule has 1 aliphatic heterocycles. The van der Waals surface area contributed by atoms with Crippen molar-refractivity contribution in [2.24, 2.45) is 10.7 Å². The summed E-state index contributed by atoms with van der Waals surface area (Å²) < 4.78 is 69.4. The van der Waals surface area contributed by atoms with Crippen molar-refractivity contribution in [2.45, 2.75) is 11.7 Å². The first-order valence-electron chi connectivity index (χ1n) is 9.28. The molecule has 3 aromatic rings. The number of carbonyl (C=O) groups is 1. The fourth-order valence-electron chi connectivity index (χ4n) is 3.64. The highest BCUT2D eigenvalue weighted by atomic mass is 19.4. The van der Waals surface area contributed by atoms with Crippen molar-refractivity contribution >= 4 is 11.9 Å². The Morgan fingerprint density at radius 2 is 1.72 bits per heavy atom. The van der Waals surface area contributed by atoms with Gasteiger partial charge in [-0.25, -0.2) is 13.8 Å². The Hall–Kier alpha value is -3.82. The Morgan fingerprint density at radius 1 is 1.00 bits per heavy atom. The maximum atomic E-state index is 15.1. The van der Waals surface area contributed by atoms with Gasteiger partial charge in [0, 0.05) is 24.4 Å². The molecule has 2 heterocycles. The number of likely N-dealkylation sites (N-methyl/N-ethyl adjacent to an activating group) is 1. The number of hydrogen-bond acceptors (Lipinski definition) is 4. The van der Waals surface area contributed by atoms with Gasteiger partial charge in [-0.1, -0.05) is 24.3 Å². The Bertz CT molecular complexity index is 1260. The fraction of sp³-hybridized carbons (Fsp3) is 0.136. The van der Waals surface area contributed by atoms with Gasteiger partial charge in [-0.15, -0.1) is 0 Å². The summed E-state index contributed by atoms with van der Waals surface area (Å²) in [6.45, 7) is 0. The molecule has 0 saturated carbocycles. The average molecular weight is 446 g/mol. The molecule has 0 aliphatic carbocycles. The van der Waals surface area contributed by atoms with E-state index in [0.29, 0.717) is 6.07 Å². The number of nitrogens with two attached hydrogens (primary N) is 1. The molecule has 1 aliphatic rings. The van der Waals surface area contributed by atoms with Crippen LogP contribution in [-0.2, 0) is 16.5 Å². The quantitative estimate of drug-likeness (QED) is 0.617. The summed E-state index contributed by atoms with van der Waals surface area (Å²) in [7, 11) is 1.27. The van der Waals surface area contributed by atoms with Crippen molar-refractivity contribution in [1.29, 1.82) is 0 Å². The number of halogens is 5. The molecule has 2 N–H and O–H groups in total. The highest BCUT2D eigenvalue weighted by Crippen LogP contribution is 2.43. The second kappa shape index (κ2) is 7.40. The zero-order valence-electron chi connectivity index (χ0n) is 16.5. The Labute approximate surface area is 179 Å². The average Bonchev–Trinajstić information content (AvgIpc) is 2.99. The monoisotopic (exact) mass is 446 g/mol. The number of nitrogens with zero attached hydrogens (tertiary/aromatic N) is 3. The smallest absolute Gasteiger partial charge is 0.369 e. The predicted molar refractivity (Wildman–Crippen MR) is 106 cm³/mol. The molecule has 32 heavy (non-hydrogen) atoms. The van der Waals surface area contributed by atoms with Crippen LogP contribution in [0.2, 0.25) is 0 Å². The molecule has 10 heteroatoms. The minimum Gasteiger partial charge on any atom is -0.369 e. The van der Waals surface area contributed by atoms with E-state index in [9.17, 15) is 22.4 Å². The second-order valence-corrected chi connectivity index (χ2v) is 7.15. The van der Waals surface area contributed by atoms with E-state index in [1.165, 1.54) is 37.4 Å². The van der Waals surface area contributed by atoms with Crippen molar-refractivity contribution in [3.05, 3.63) is 89.2 Å². The lowest BCUT2D eigenvalue weighted by molar-refractivity contribution is -0.141. The molecular weight excluding hydrogens is 431 g/mol. The number of aromatic nitrogens is 1. The van der Waals surface area contributed by atoms with Gasteiger partial charge >= 0.3 is 6.18 Å². The maximum absolute atomic E-state index is 15.1. The SMILES string of the molecule is CN1C(=O)C(c2ccnc(C(F)(F)F)c2)(c2cc(-c3ccccc3F)ccc2F)N=C1N. The van der Waals surface area contributed by atoms with Crippen LogP contribution in [0.5, 0.6) is 0 Å². The molecule has 5 nitrogen and oxygen atoms in total. The number of benzene rings is 2. The van der Waals surface area contributed by atoms with E-state index in [1.807, 2.05) is 0 Å². The molecule has 1 unspecified atom stereocenters. The van der Waals surface area contributed by atoms with Crippen LogP contribution in [-0.4, -0.2) is 28.8 Å². The standard InChI is InChI=1S/C22H15F5N4O/c1-31-19(32)21(30-20(31)28,13-8-9-29-18(11-13)22(25,26)27)15-10-12(6-7-17(15)24)14-4-2-3-5-16(14)23/h2-11H,1H3,(H2,28,30). The number of carbonyl (C=O) groups excluding carboxylic acids is 1. The Morgan fingerprint density at radius 3 is 2.34 bits per heavy atom. The lowest BCUT2D eigenvalue weighted by Gasteiger charge is -2.27. The number of guanidine groups is 1. The van der Waals surface area contributed by atoms with E-state index in [0.717, 1.165) is 23.2 Å². The molecule has 0 radical (unpaired) electrons. The van der Waals surface area contributed by atoms with Crippen LogP contribution >= 0.6 is 0 Å². The summed E-state index contributed by atoms with van der Waals surface area (Å²) in [4.78, 5) is 21.6. The van der Waals surface area contributed by atoms with E-state index in [4.69, 9.17) is 5.73 Å². The third kappa shape index (κ3) is 3.28. The molecular formula is C22H15F5N4O. The minimum absolute atomic E-state index is 0.116. The Kier molecular flexibility index (Phi) is 4.95.